The number of carbonyl (C=O) groups excluding carboxylic acids is 2. The van der Waals surface area contributed by atoms with Crippen LogP contribution in [0.3, 0.4) is 0 Å². The van der Waals surface area contributed by atoms with Gasteiger partial charge in [-0.1, -0.05) is 41.9 Å². The molecule has 3 nitrogen and oxygen atoms in total. The number of carbonyl (C=O) groups is 2. The third-order valence-corrected chi connectivity index (χ3v) is 3.66. The van der Waals surface area contributed by atoms with E-state index in [2.05, 4.69) is 0 Å². The quantitative estimate of drug-likeness (QED) is 0.686. The van der Waals surface area contributed by atoms with Crippen molar-refractivity contribution in [1.29, 1.82) is 0 Å². The number of aldehydes is 1. The first kappa shape index (κ1) is 13.6. The van der Waals surface area contributed by atoms with E-state index in [1.54, 1.807) is 18.3 Å². The van der Waals surface area contributed by atoms with Crippen molar-refractivity contribution in [3.8, 4) is 0 Å². The zero-order valence-electron chi connectivity index (χ0n) is 11.1. The van der Waals surface area contributed by atoms with Crippen molar-refractivity contribution >= 4 is 34.7 Å². The molecule has 0 aliphatic heterocycles. The summed E-state index contributed by atoms with van der Waals surface area (Å²) in [5, 5.41) is 1.43. The van der Waals surface area contributed by atoms with E-state index in [4.69, 9.17) is 11.6 Å². The van der Waals surface area contributed by atoms with E-state index in [1.807, 2.05) is 36.4 Å². The van der Waals surface area contributed by atoms with Gasteiger partial charge in [0, 0.05) is 22.2 Å². The summed E-state index contributed by atoms with van der Waals surface area (Å²) in [5.74, 6) is -0.0818. The highest BCUT2D eigenvalue weighted by atomic mass is 35.5. The Kier molecular flexibility index (Phi) is 3.59. The first-order valence-electron chi connectivity index (χ1n) is 6.52. The predicted molar refractivity (Wildman–Crippen MR) is 83.1 cm³/mol. The Morgan fingerprint density at radius 2 is 1.81 bits per heavy atom. The molecule has 0 bridgehead atoms. The molecule has 0 aliphatic rings. The average Bonchev–Trinajstić information content (AvgIpc) is 2.88. The van der Waals surface area contributed by atoms with Crippen molar-refractivity contribution in [2.45, 2.75) is 6.42 Å². The fourth-order valence-electron chi connectivity index (χ4n) is 2.37. The monoisotopic (exact) mass is 297 g/mol. The van der Waals surface area contributed by atoms with E-state index in [-0.39, 0.29) is 12.3 Å². The largest absolute Gasteiger partial charge is 0.298 e. The SMILES string of the molecule is O=Cc1cn(C(=O)Cc2ccc(Cl)cc2)c2ccccc12. The molecule has 0 saturated heterocycles. The molecule has 0 N–H and O–H groups in total. The number of fused-ring (bicyclic) bond motifs is 1. The predicted octanol–water partition coefficient (Wildman–Crippen LogP) is 3.99. The van der Waals surface area contributed by atoms with E-state index in [0.29, 0.717) is 10.6 Å². The standard InChI is InChI=1S/C17H12ClNO2/c18-14-7-5-12(6-8-14)9-17(21)19-10-13(11-20)15-3-1-2-4-16(15)19/h1-8,10-11H,9H2. The van der Waals surface area contributed by atoms with Gasteiger partial charge in [-0.3, -0.25) is 14.2 Å². The van der Waals surface area contributed by atoms with Crippen LogP contribution in [0.25, 0.3) is 10.9 Å². The Bertz CT molecular complexity index is 818. The summed E-state index contributed by atoms with van der Waals surface area (Å²) in [4.78, 5) is 23.6. The molecule has 0 unspecified atom stereocenters. The van der Waals surface area contributed by atoms with Crippen LogP contribution in [-0.2, 0) is 6.42 Å². The highest BCUT2D eigenvalue weighted by molar-refractivity contribution is 6.30. The van der Waals surface area contributed by atoms with Crippen LogP contribution in [0.1, 0.15) is 20.7 Å². The van der Waals surface area contributed by atoms with Crippen LogP contribution < -0.4 is 0 Å². The molecular formula is C17H12ClNO2. The molecule has 21 heavy (non-hydrogen) atoms. The van der Waals surface area contributed by atoms with Crippen LogP contribution in [0, 0.1) is 0 Å². The first-order chi connectivity index (χ1) is 10.2. The molecule has 0 amide bonds. The molecule has 104 valence electrons. The van der Waals surface area contributed by atoms with Gasteiger partial charge in [-0.2, -0.15) is 0 Å². The molecule has 0 spiro atoms. The second-order valence-corrected chi connectivity index (χ2v) is 5.22. The minimum absolute atomic E-state index is 0.0818. The highest BCUT2D eigenvalue weighted by Crippen LogP contribution is 2.20. The number of rotatable bonds is 3. The van der Waals surface area contributed by atoms with E-state index < -0.39 is 0 Å². The summed E-state index contributed by atoms with van der Waals surface area (Å²) in [5.41, 5.74) is 2.16. The summed E-state index contributed by atoms with van der Waals surface area (Å²) in [7, 11) is 0. The van der Waals surface area contributed by atoms with Crippen LogP contribution in [0.2, 0.25) is 5.02 Å². The summed E-state index contributed by atoms with van der Waals surface area (Å²) in [6.07, 6.45) is 2.62. The van der Waals surface area contributed by atoms with Gasteiger partial charge in [0.05, 0.1) is 11.9 Å². The zero-order valence-corrected chi connectivity index (χ0v) is 11.9. The minimum atomic E-state index is -0.0818. The lowest BCUT2D eigenvalue weighted by Gasteiger charge is -2.04. The molecule has 0 fully saturated rings. The molecule has 1 heterocycles. The summed E-state index contributed by atoms with van der Waals surface area (Å²) in [6, 6.07) is 14.5. The third-order valence-electron chi connectivity index (χ3n) is 3.41. The normalized spacial score (nSPS) is 10.7. The number of hydrogen-bond acceptors (Lipinski definition) is 2. The van der Waals surface area contributed by atoms with Gasteiger partial charge in [0.25, 0.3) is 0 Å². The highest BCUT2D eigenvalue weighted by Gasteiger charge is 2.13. The van der Waals surface area contributed by atoms with Gasteiger partial charge < -0.3 is 0 Å². The molecule has 0 saturated carbocycles. The number of aromatic nitrogens is 1. The second-order valence-electron chi connectivity index (χ2n) is 4.79. The molecule has 4 heteroatoms. The fourth-order valence-corrected chi connectivity index (χ4v) is 2.49. The Balaban J connectivity index is 1.98. The van der Waals surface area contributed by atoms with Gasteiger partial charge in [0.1, 0.15) is 0 Å². The number of hydrogen-bond donors (Lipinski definition) is 0. The van der Waals surface area contributed by atoms with Gasteiger partial charge in [-0.25, -0.2) is 0 Å². The van der Waals surface area contributed by atoms with Gasteiger partial charge >= 0.3 is 0 Å². The number of para-hydroxylation sites is 1. The van der Waals surface area contributed by atoms with Crippen molar-refractivity contribution in [3.63, 3.8) is 0 Å². The molecule has 0 aliphatic carbocycles. The molecule has 3 aromatic rings. The third kappa shape index (κ3) is 2.60. The molecule has 1 aromatic heterocycles. The maximum Gasteiger partial charge on any atom is 0.235 e. The van der Waals surface area contributed by atoms with Crippen LogP contribution in [0.5, 0.6) is 0 Å². The smallest absolute Gasteiger partial charge is 0.235 e. The first-order valence-corrected chi connectivity index (χ1v) is 6.90. The summed E-state index contributed by atoms with van der Waals surface area (Å²) in [6.45, 7) is 0. The number of nitrogens with zero attached hydrogens (tertiary/aromatic N) is 1. The van der Waals surface area contributed by atoms with Crippen LogP contribution in [-0.4, -0.2) is 16.8 Å². The molecule has 0 atom stereocenters. The Morgan fingerprint density at radius 1 is 1.10 bits per heavy atom. The van der Waals surface area contributed by atoms with Gasteiger partial charge in [-0.15, -0.1) is 0 Å². The Labute approximate surface area is 126 Å². The van der Waals surface area contributed by atoms with Crippen molar-refractivity contribution in [3.05, 3.63) is 70.9 Å². The van der Waals surface area contributed by atoms with Crippen molar-refractivity contribution in [2.24, 2.45) is 0 Å². The number of benzene rings is 2. The number of halogens is 1. The van der Waals surface area contributed by atoms with Crippen molar-refractivity contribution < 1.29 is 9.59 Å². The van der Waals surface area contributed by atoms with Crippen LogP contribution in [0.4, 0.5) is 0 Å². The average molecular weight is 298 g/mol. The molecule has 2 aromatic carbocycles. The maximum atomic E-state index is 12.5. The van der Waals surface area contributed by atoms with E-state index in [9.17, 15) is 9.59 Å². The lowest BCUT2D eigenvalue weighted by atomic mass is 10.1. The Hall–Kier alpha value is -2.39. The van der Waals surface area contributed by atoms with Crippen LogP contribution in [0.15, 0.2) is 54.7 Å². The Morgan fingerprint density at radius 3 is 2.52 bits per heavy atom. The lowest BCUT2D eigenvalue weighted by Crippen LogP contribution is -2.12. The zero-order chi connectivity index (χ0) is 14.8. The van der Waals surface area contributed by atoms with Gasteiger partial charge in [-0.05, 0) is 23.8 Å². The fraction of sp³-hybridized carbons (Fsp3) is 0.0588. The second kappa shape index (κ2) is 5.54. The van der Waals surface area contributed by atoms with Crippen LogP contribution >= 0.6 is 11.6 Å². The van der Waals surface area contributed by atoms with Gasteiger partial charge in [0.2, 0.25) is 5.91 Å². The van der Waals surface area contributed by atoms with E-state index in [0.717, 1.165) is 22.8 Å². The summed E-state index contributed by atoms with van der Waals surface area (Å²) < 4.78 is 1.54. The lowest BCUT2D eigenvalue weighted by molar-refractivity contribution is 0.0919. The van der Waals surface area contributed by atoms with Crippen molar-refractivity contribution in [1.82, 2.24) is 4.57 Å². The van der Waals surface area contributed by atoms with Gasteiger partial charge in [0.15, 0.2) is 6.29 Å². The van der Waals surface area contributed by atoms with E-state index >= 15 is 0 Å². The molecule has 3 rings (SSSR count). The van der Waals surface area contributed by atoms with Crippen molar-refractivity contribution in [2.75, 3.05) is 0 Å². The summed E-state index contributed by atoms with van der Waals surface area (Å²) >= 11 is 5.84. The molecule has 0 radical (unpaired) electrons. The topological polar surface area (TPSA) is 39.1 Å². The minimum Gasteiger partial charge on any atom is -0.298 e. The maximum absolute atomic E-state index is 12.5. The van der Waals surface area contributed by atoms with E-state index in [1.165, 1.54) is 4.57 Å². The molecular weight excluding hydrogens is 286 g/mol.